The lowest BCUT2D eigenvalue weighted by atomic mass is 10.1. The summed E-state index contributed by atoms with van der Waals surface area (Å²) in [6.45, 7) is 3.69. The van der Waals surface area contributed by atoms with Crippen molar-refractivity contribution in [2.75, 3.05) is 6.61 Å². The van der Waals surface area contributed by atoms with Crippen LogP contribution in [0.2, 0.25) is 0 Å². The average molecular weight is 219 g/mol. The smallest absolute Gasteiger partial charge is 0.244 e. The SMILES string of the molecule is Cc1ccccc1/C=C/C(=O)NC(C)CO. The quantitative estimate of drug-likeness (QED) is 0.754. The number of nitrogens with one attached hydrogen (secondary N) is 1. The second kappa shape index (κ2) is 6.08. The number of amides is 1. The number of hydrogen-bond donors (Lipinski definition) is 2. The molecule has 0 aliphatic heterocycles. The van der Waals surface area contributed by atoms with Crippen LogP contribution in [0.25, 0.3) is 6.08 Å². The van der Waals surface area contributed by atoms with Gasteiger partial charge in [-0.2, -0.15) is 0 Å². The molecule has 0 spiro atoms. The second-order valence-electron chi connectivity index (χ2n) is 3.78. The maximum absolute atomic E-state index is 11.4. The Bertz CT molecular complexity index is 385. The van der Waals surface area contributed by atoms with Crippen LogP contribution >= 0.6 is 0 Å². The molecular formula is C13H17NO2. The Balaban J connectivity index is 2.60. The zero-order valence-electron chi connectivity index (χ0n) is 9.60. The number of aliphatic hydroxyl groups excluding tert-OH is 1. The first-order chi connectivity index (χ1) is 7.63. The van der Waals surface area contributed by atoms with E-state index in [1.54, 1.807) is 13.0 Å². The summed E-state index contributed by atoms with van der Waals surface area (Å²) in [6, 6.07) is 7.62. The third-order valence-corrected chi connectivity index (χ3v) is 2.27. The molecule has 0 aliphatic rings. The number of aryl methyl sites for hydroxylation is 1. The molecule has 2 N–H and O–H groups in total. The van der Waals surface area contributed by atoms with Crippen LogP contribution in [-0.2, 0) is 4.79 Å². The summed E-state index contributed by atoms with van der Waals surface area (Å²) in [6.07, 6.45) is 3.25. The molecule has 0 aliphatic carbocycles. The monoisotopic (exact) mass is 219 g/mol. The molecule has 0 aromatic heterocycles. The third kappa shape index (κ3) is 3.87. The normalized spacial score (nSPS) is 12.7. The van der Waals surface area contributed by atoms with Gasteiger partial charge in [0.15, 0.2) is 0 Å². The van der Waals surface area contributed by atoms with Crippen molar-refractivity contribution in [1.82, 2.24) is 5.32 Å². The molecular weight excluding hydrogens is 202 g/mol. The summed E-state index contributed by atoms with van der Waals surface area (Å²) in [4.78, 5) is 11.4. The molecule has 16 heavy (non-hydrogen) atoms. The minimum atomic E-state index is -0.214. The van der Waals surface area contributed by atoms with Crippen LogP contribution in [0.3, 0.4) is 0 Å². The number of rotatable bonds is 4. The van der Waals surface area contributed by atoms with Gasteiger partial charge in [0.25, 0.3) is 0 Å². The fourth-order valence-corrected chi connectivity index (χ4v) is 1.28. The molecule has 0 radical (unpaired) electrons. The molecule has 3 heteroatoms. The highest BCUT2D eigenvalue weighted by molar-refractivity contribution is 5.92. The van der Waals surface area contributed by atoms with Crippen molar-refractivity contribution >= 4 is 12.0 Å². The van der Waals surface area contributed by atoms with E-state index in [2.05, 4.69) is 5.32 Å². The summed E-state index contributed by atoms with van der Waals surface area (Å²) < 4.78 is 0. The Morgan fingerprint density at radius 3 is 2.81 bits per heavy atom. The van der Waals surface area contributed by atoms with E-state index in [-0.39, 0.29) is 18.6 Å². The van der Waals surface area contributed by atoms with E-state index < -0.39 is 0 Å². The number of carbonyl (C=O) groups excluding carboxylic acids is 1. The Kier molecular flexibility index (Phi) is 4.73. The van der Waals surface area contributed by atoms with Crippen molar-refractivity contribution in [2.45, 2.75) is 19.9 Å². The standard InChI is InChI=1S/C13H17NO2/c1-10-5-3-4-6-12(10)7-8-13(16)14-11(2)9-15/h3-8,11,15H,9H2,1-2H3,(H,14,16)/b8-7+. The predicted molar refractivity (Wildman–Crippen MR) is 64.9 cm³/mol. The Hall–Kier alpha value is -1.61. The summed E-state index contributed by atoms with van der Waals surface area (Å²) in [5, 5.41) is 11.4. The molecule has 0 saturated heterocycles. The summed E-state index contributed by atoms with van der Waals surface area (Å²) in [5.74, 6) is -0.190. The second-order valence-corrected chi connectivity index (χ2v) is 3.78. The zero-order valence-corrected chi connectivity index (χ0v) is 9.60. The van der Waals surface area contributed by atoms with Crippen molar-refractivity contribution in [3.63, 3.8) is 0 Å². The van der Waals surface area contributed by atoms with Crippen LogP contribution in [0.5, 0.6) is 0 Å². The molecule has 1 aromatic carbocycles. The lowest BCUT2D eigenvalue weighted by Crippen LogP contribution is -2.33. The minimum absolute atomic E-state index is 0.0516. The maximum atomic E-state index is 11.4. The molecule has 0 fully saturated rings. The number of hydrogen-bond acceptors (Lipinski definition) is 2. The van der Waals surface area contributed by atoms with Crippen molar-refractivity contribution in [3.05, 3.63) is 41.5 Å². The maximum Gasteiger partial charge on any atom is 0.244 e. The average Bonchev–Trinajstić information content (AvgIpc) is 2.28. The Morgan fingerprint density at radius 1 is 1.50 bits per heavy atom. The van der Waals surface area contributed by atoms with Gasteiger partial charge in [-0.3, -0.25) is 4.79 Å². The summed E-state index contributed by atoms with van der Waals surface area (Å²) in [5.41, 5.74) is 2.15. The van der Waals surface area contributed by atoms with Crippen LogP contribution in [0.4, 0.5) is 0 Å². The summed E-state index contributed by atoms with van der Waals surface area (Å²) >= 11 is 0. The Labute approximate surface area is 95.8 Å². The van der Waals surface area contributed by atoms with Crippen molar-refractivity contribution in [1.29, 1.82) is 0 Å². The van der Waals surface area contributed by atoms with Gasteiger partial charge in [0.05, 0.1) is 6.61 Å². The van der Waals surface area contributed by atoms with Crippen LogP contribution < -0.4 is 5.32 Å². The van der Waals surface area contributed by atoms with Gasteiger partial charge in [-0.1, -0.05) is 24.3 Å². The third-order valence-electron chi connectivity index (χ3n) is 2.27. The predicted octanol–water partition coefficient (Wildman–Crippen LogP) is 1.51. The molecule has 1 unspecified atom stereocenters. The van der Waals surface area contributed by atoms with Crippen LogP contribution in [0.1, 0.15) is 18.1 Å². The number of aliphatic hydroxyl groups is 1. The molecule has 1 aromatic rings. The molecule has 0 saturated carbocycles. The van der Waals surface area contributed by atoms with Gasteiger partial charge in [-0.05, 0) is 31.1 Å². The number of carbonyl (C=O) groups is 1. The highest BCUT2D eigenvalue weighted by Crippen LogP contribution is 2.08. The van der Waals surface area contributed by atoms with Gasteiger partial charge in [0.1, 0.15) is 0 Å². The van der Waals surface area contributed by atoms with Crippen LogP contribution in [-0.4, -0.2) is 23.7 Å². The first-order valence-corrected chi connectivity index (χ1v) is 5.28. The van der Waals surface area contributed by atoms with Crippen LogP contribution in [0, 0.1) is 6.92 Å². The van der Waals surface area contributed by atoms with E-state index in [4.69, 9.17) is 5.11 Å². The molecule has 0 bridgehead atoms. The largest absolute Gasteiger partial charge is 0.394 e. The molecule has 1 rings (SSSR count). The topological polar surface area (TPSA) is 49.3 Å². The van der Waals surface area contributed by atoms with Gasteiger partial charge in [0, 0.05) is 12.1 Å². The minimum Gasteiger partial charge on any atom is -0.394 e. The van der Waals surface area contributed by atoms with Gasteiger partial charge < -0.3 is 10.4 Å². The van der Waals surface area contributed by atoms with Crippen molar-refractivity contribution in [2.24, 2.45) is 0 Å². The van der Waals surface area contributed by atoms with Crippen LogP contribution in [0.15, 0.2) is 30.3 Å². The van der Waals surface area contributed by atoms with E-state index in [1.807, 2.05) is 31.2 Å². The number of benzene rings is 1. The zero-order chi connectivity index (χ0) is 12.0. The summed E-state index contributed by atoms with van der Waals surface area (Å²) in [7, 11) is 0. The lowest BCUT2D eigenvalue weighted by molar-refractivity contribution is -0.117. The van der Waals surface area contributed by atoms with E-state index in [1.165, 1.54) is 6.08 Å². The highest BCUT2D eigenvalue weighted by atomic mass is 16.3. The van der Waals surface area contributed by atoms with Crippen molar-refractivity contribution in [3.8, 4) is 0 Å². The van der Waals surface area contributed by atoms with Gasteiger partial charge >= 0.3 is 0 Å². The van der Waals surface area contributed by atoms with Gasteiger partial charge in [0.2, 0.25) is 5.91 Å². The van der Waals surface area contributed by atoms with E-state index >= 15 is 0 Å². The fourth-order valence-electron chi connectivity index (χ4n) is 1.28. The molecule has 1 amide bonds. The van der Waals surface area contributed by atoms with E-state index in [0.717, 1.165) is 11.1 Å². The molecule has 1 atom stereocenters. The van der Waals surface area contributed by atoms with E-state index in [9.17, 15) is 4.79 Å². The Morgan fingerprint density at radius 2 is 2.19 bits per heavy atom. The molecule has 0 heterocycles. The first kappa shape index (κ1) is 12.5. The highest BCUT2D eigenvalue weighted by Gasteiger charge is 2.01. The van der Waals surface area contributed by atoms with Gasteiger partial charge in [-0.15, -0.1) is 0 Å². The first-order valence-electron chi connectivity index (χ1n) is 5.28. The molecule has 86 valence electrons. The van der Waals surface area contributed by atoms with Gasteiger partial charge in [-0.25, -0.2) is 0 Å². The fraction of sp³-hybridized carbons (Fsp3) is 0.308. The van der Waals surface area contributed by atoms with Crippen molar-refractivity contribution < 1.29 is 9.90 Å². The van der Waals surface area contributed by atoms with E-state index in [0.29, 0.717) is 0 Å². The molecule has 3 nitrogen and oxygen atoms in total. The lowest BCUT2D eigenvalue weighted by Gasteiger charge is -2.07.